The third kappa shape index (κ3) is 7.33. The van der Waals surface area contributed by atoms with E-state index in [-0.39, 0.29) is 25.4 Å². The number of rotatable bonds is 11. The number of aliphatic hydroxyl groups is 2. The summed E-state index contributed by atoms with van der Waals surface area (Å²) < 4.78 is 12.0. The van der Waals surface area contributed by atoms with E-state index in [1.807, 2.05) is 60.7 Å². The minimum absolute atomic E-state index is 0.0691. The molecule has 0 heterocycles. The Morgan fingerprint density at radius 3 is 1.38 bits per heavy atom. The van der Waals surface area contributed by atoms with Crippen LogP contribution in [0.5, 0.6) is 0 Å². The number of hydrogen-bond donors (Lipinski definition) is 2. The molecule has 2 rings (SSSR count). The average molecular weight is 354 g/mol. The summed E-state index contributed by atoms with van der Waals surface area (Å²) in [4.78, 5) is 0. The van der Waals surface area contributed by atoms with Gasteiger partial charge in [-0.2, -0.15) is 0 Å². The van der Waals surface area contributed by atoms with Crippen LogP contribution in [0.2, 0.25) is 0 Å². The predicted molar refractivity (Wildman–Crippen MR) is 102 cm³/mol. The Bertz CT molecular complexity index is 593. The lowest BCUT2D eigenvalue weighted by Gasteiger charge is -2.23. The van der Waals surface area contributed by atoms with E-state index in [1.165, 1.54) is 0 Å². The van der Waals surface area contributed by atoms with E-state index < -0.39 is 0 Å². The van der Waals surface area contributed by atoms with Gasteiger partial charge in [-0.1, -0.05) is 85.0 Å². The second-order valence-electron chi connectivity index (χ2n) is 5.74. The van der Waals surface area contributed by atoms with Crippen LogP contribution >= 0.6 is 0 Å². The molecular weight excluding hydrogens is 328 g/mol. The molecule has 0 saturated carbocycles. The quantitative estimate of drug-likeness (QED) is 0.608. The Morgan fingerprint density at radius 1 is 0.654 bits per heavy atom. The SMILES string of the molecule is OC/C=C/[C@H](OCc1ccccc1)[C@H](/C=C/CO)OCc1ccccc1. The normalized spacial score (nSPS) is 14.1. The van der Waals surface area contributed by atoms with Crippen LogP contribution < -0.4 is 0 Å². The van der Waals surface area contributed by atoms with Gasteiger partial charge in [0.25, 0.3) is 0 Å². The first-order chi connectivity index (χ1) is 12.8. The van der Waals surface area contributed by atoms with Gasteiger partial charge < -0.3 is 19.7 Å². The third-order valence-corrected chi connectivity index (χ3v) is 3.76. The fourth-order valence-electron chi connectivity index (χ4n) is 2.44. The summed E-state index contributed by atoms with van der Waals surface area (Å²) in [5.74, 6) is 0. The lowest BCUT2D eigenvalue weighted by molar-refractivity contribution is -0.0424. The van der Waals surface area contributed by atoms with E-state index in [0.717, 1.165) is 11.1 Å². The molecule has 26 heavy (non-hydrogen) atoms. The van der Waals surface area contributed by atoms with E-state index in [1.54, 1.807) is 24.3 Å². The lowest BCUT2D eigenvalue weighted by Crippen LogP contribution is -2.28. The van der Waals surface area contributed by atoms with Gasteiger partial charge in [0.05, 0.1) is 26.4 Å². The molecule has 0 aromatic heterocycles. The smallest absolute Gasteiger partial charge is 0.106 e. The zero-order valence-corrected chi connectivity index (χ0v) is 14.8. The Balaban J connectivity index is 2.06. The molecule has 0 spiro atoms. The first-order valence-electron chi connectivity index (χ1n) is 8.69. The maximum atomic E-state index is 9.12. The molecule has 2 N–H and O–H groups in total. The molecule has 2 atom stereocenters. The van der Waals surface area contributed by atoms with E-state index in [4.69, 9.17) is 19.7 Å². The Labute approximate surface area is 155 Å². The molecule has 2 aromatic carbocycles. The van der Waals surface area contributed by atoms with Crippen molar-refractivity contribution < 1.29 is 19.7 Å². The molecule has 0 bridgehead atoms. The highest BCUT2D eigenvalue weighted by atomic mass is 16.5. The van der Waals surface area contributed by atoms with Crippen LogP contribution in [0.25, 0.3) is 0 Å². The Kier molecular flexibility index (Phi) is 9.40. The van der Waals surface area contributed by atoms with Crippen LogP contribution in [-0.2, 0) is 22.7 Å². The zero-order valence-electron chi connectivity index (χ0n) is 14.8. The Morgan fingerprint density at radius 2 is 1.04 bits per heavy atom. The predicted octanol–water partition coefficient (Wildman–Crippen LogP) is 3.25. The van der Waals surface area contributed by atoms with Crippen molar-refractivity contribution in [2.45, 2.75) is 25.4 Å². The largest absolute Gasteiger partial charge is 0.392 e. The standard InChI is InChI=1S/C22H26O4/c23-15-7-13-21(25-17-19-9-3-1-4-10-19)22(14-8-16-24)26-18-20-11-5-2-6-12-20/h1-14,21-24H,15-18H2/b13-7+,14-8+/t21-,22-/m0/s1. The first kappa shape index (κ1) is 20.1. The van der Waals surface area contributed by atoms with Gasteiger partial charge in [-0.15, -0.1) is 0 Å². The van der Waals surface area contributed by atoms with Crippen molar-refractivity contribution in [1.29, 1.82) is 0 Å². The summed E-state index contributed by atoms with van der Waals surface area (Å²) in [6.45, 7) is 0.722. The summed E-state index contributed by atoms with van der Waals surface area (Å²) in [5, 5.41) is 18.2. The van der Waals surface area contributed by atoms with E-state index >= 15 is 0 Å². The van der Waals surface area contributed by atoms with Gasteiger partial charge in [-0.3, -0.25) is 0 Å². The van der Waals surface area contributed by atoms with Crippen molar-refractivity contribution >= 4 is 0 Å². The summed E-state index contributed by atoms with van der Waals surface area (Å²) in [5.41, 5.74) is 2.12. The van der Waals surface area contributed by atoms with Gasteiger partial charge >= 0.3 is 0 Å². The molecule has 0 amide bonds. The molecule has 0 fully saturated rings. The van der Waals surface area contributed by atoms with Crippen LogP contribution in [0.15, 0.2) is 85.0 Å². The molecule has 0 saturated heterocycles. The van der Waals surface area contributed by atoms with Crippen molar-refractivity contribution in [1.82, 2.24) is 0 Å². The van der Waals surface area contributed by atoms with Crippen molar-refractivity contribution in [3.05, 3.63) is 96.1 Å². The van der Waals surface area contributed by atoms with Crippen LogP contribution in [0, 0.1) is 0 Å². The van der Waals surface area contributed by atoms with Crippen molar-refractivity contribution in [3.63, 3.8) is 0 Å². The van der Waals surface area contributed by atoms with Crippen molar-refractivity contribution in [3.8, 4) is 0 Å². The highest BCUT2D eigenvalue weighted by Gasteiger charge is 2.18. The monoisotopic (exact) mass is 354 g/mol. The minimum atomic E-state index is -0.381. The van der Waals surface area contributed by atoms with Gasteiger partial charge in [-0.25, -0.2) is 0 Å². The molecule has 0 unspecified atom stereocenters. The molecule has 0 aliphatic heterocycles. The summed E-state index contributed by atoms with van der Waals surface area (Å²) in [6.07, 6.45) is 6.10. The number of benzene rings is 2. The van der Waals surface area contributed by atoms with Gasteiger partial charge in [0.1, 0.15) is 12.2 Å². The van der Waals surface area contributed by atoms with Crippen molar-refractivity contribution in [2.24, 2.45) is 0 Å². The lowest BCUT2D eigenvalue weighted by atomic mass is 10.1. The topological polar surface area (TPSA) is 58.9 Å². The molecule has 138 valence electrons. The second-order valence-corrected chi connectivity index (χ2v) is 5.74. The van der Waals surface area contributed by atoms with Crippen molar-refractivity contribution in [2.75, 3.05) is 13.2 Å². The third-order valence-electron chi connectivity index (χ3n) is 3.76. The number of aliphatic hydroxyl groups excluding tert-OH is 2. The molecule has 4 nitrogen and oxygen atoms in total. The molecule has 4 heteroatoms. The second kappa shape index (κ2) is 12.2. The van der Waals surface area contributed by atoms with Crippen LogP contribution in [0.1, 0.15) is 11.1 Å². The van der Waals surface area contributed by atoms with Gasteiger partial charge in [-0.05, 0) is 11.1 Å². The fourth-order valence-corrected chi connectivity index (χ4v) is 2.44. The molecule has 0 radical (unpaired) electrons. The van der Waals surface area contributed by atoms with E-state index in [9.17, 15) is 0 Å². The van der Waals surface area contributed by atoms with Gasteiger partial charge in [0, 0.05) is 0 Å². The molecule has 0 aliphatic rings. The fraction of sp³-hybridized carbons (Fsp3) is 0.273. The summed E-state index contributed by atoms with van der Waals surface area (Å²) in [6, 6.07) is 19.8. The maximum absolute atomic E-state index is 9.12. The number of ether oxygens (including phenoxy) is 2. The summed E-state index contributed by atoms with van der Waals surface area (Å²) in [7, 11) is 0. The number of hydrogen-bond acceptors (Lipinski definition) is 4. The highest BCUT2D eigenvalue weighted by molar-refractivity contribution is 5.15. The van der Waals surface area contributed by atoms with Crippen LogP contribution in [0.4, 0.5) is 0 Å². The van der Waals surface area contributed by atoms with Crippen LogP contribution in [-0.4, -0.2) is 35.6 Å². The first-order valence-corrected chi connectivity index (χ1v) is 8.69. The molecular formula is C22H26O4. The summed E-state index contributed by atoms with van der Waals surface area (Å²) >= 11 is 0. The van der Waals surface area contributed by atoms with Gasteiger partial charge in [0.2, 0.25) is 0 Å². The Hall–Kier alpha value is -2.24. The highest BCUT2D eigenvalue weighted by Crippen LogP contribution is 2.14. The van der Waals surface area contributed by atoms with E-state index in [2.05, 4.69) is 0 Å². The average Bonchev–Trinajstić information content (AvgIpc) is 2.70. The minimum Gasteiger partial charge on any atom is -0.392 e. The zero-order chi connectivity index (χ0) is 18.5. The maximum Gasteiger partial charge on any atom is 0.106 e. The van der Waals surface area contributed by atoms with Crippen LogP contribution in [0.3, 0.4) is 0 Å². The molecule has 0 aliphatic carbocycles. The molecule has 2 aromatic rings. The van der Waals surface area contributed by atoms with E-state index in [0.29, 0.717) is 13.2 Å². The van der Waals surface area contributed by atoms with Gasteiger partial charge in [0.15, 0.2) is 0 Å².